The fourth-order valence-corrected chi connectivity index (χ4v) is 4.56. The highest BCUT2D eigenvalue weighted by Gasteiger charge is 2.24. The molecule has 0 bridgehead atoms. The van der Waals surface area contributed by atoms with Crippen LogP contribution in [0.2, 0.25) is 0 Å². The number of benzene rings is 1. The van der Waals surface area contributed by atoms with E-state index in [-0.39, 0.29) is 5.82 Å². The van der Waals surface area contributed by atoms with E-state index < -0.39 is 5.97 Å². The second-order valence-electron chi connectivity index (χ2n) is 6.63. The van der Waals surface area contributed by atoms with Gasteiger partial charge in [0.2, 0.25) is 0 Å². The first-order valence-electron chi connectivity index (χ1n) is 8.66. The van der Waals surface area contributed by atoms with Gasteiger partial charge in [0.1, 0.15) is 5.82 Å². The third-order valence-electron chi connectivity index (χ3n) is 5.05. The standard InChI is InChI=1S/C19H20FN3O2S/c1-25-19(24)17-9-16(21-22-17)12-5-7-23(8-6-12)10-13-11-26-18-14(13)3-2-4-15(18)20/h2-4,9,11-12H,5-8,10H2,1H3,(H,21,22). The largest absolute Gasteiger partial charge is 0.464 e. The number of nitrogens with one attached hydrogen (secondary N) is 1. The number of H-pyrrole nitrogens is 1. The number of carbonyl (C=O) groups excluding carboxylic acids is 1. The SMILES string of the molecule is COC(=O)c1cc(C2CCN(Cc3csc4c(F)cccc34)CC2)[nH]n1. The molecule has 1 N–H and O–H groups in total. The number of thiophene rings is 1. The highest BCUT2D eigenvalue weighted by Crippen LogP contribution is 2.32. The van der Waals surface area contributed by atoms with Crippen molar-refractivity contribution in [1.82, 2.24) is 15.1 Å². The van der Waals surface area contributed by atoms with Crippen LogP contribution in [-0.2, 0) is 11.3 Å². The smallest absolute Gasteiger partial charge is 0.358 e. The zero-order chi connectivity index (χ0) is 18.1. The van der Waals surface area contributed by atoms with E-state index in [1.807, 2.05) is 6.07 Å². The van der Waals surface area contributed by atoms with E-state index in [0.717, 1.165) is 48.3 Å². The maximum atomic E-state index is 13.9. The van der Waals surface area contributed by atoms with Crippen LogP contribution in [0.3, 0.4) is 0 Å². The number of rotatable bonds is 4. The summed E-state index contributed by atoms with van der Waals surface area (Å²) in [6.45, 7) is 2.76. The molecular weight excluding hydrogens is 353 g/mol. The fourth-order valence-electron chi connectivity index (χ4n) is 3.60. The molecule has 136 valence electrons. The average molecular weight is 373 g/mol. The minimum Gasteiger partial charge on any atom is -0.464 e. The van der Waals surface area contributed by atoms with Gasteiger partial charge in [0.15, 0.2) is 5.69 Å². The Morgan fingerprint density at radius 1 is 1.42 bits per heavy atom. The van der Waals surface area contributed by atoms with E-state index >= 15 is 0 Å². The van der Waals surface area contributed by atoms with E-state index in [2.05, 4.69) is 20.5 Å². The molecule has 1 aliphatic heterocycles. The fraction of sp³-hybridized carbons (Fsp3) is 0.368. The summed E-state index contributed by atoms with van der Waals surface area (Å²) < 4.78 is 19.3. The van der Waals surface area contributed by atoms with Crippen LogP contribution in [0.15, 0.2) is 29.6 Å². The molecule has 26 heavy (non-hydrogen) atoms. The topological polar surface area (TPSA) is 58.2 Å². The van der Waals surface area contributed by atoms with Crippen molar-refractivity contribution in [1.29, 1.82) is 0 Å². The van der Waals surface area contributed by atoms with Gasteiger partial charge in [-0.25, -0.2) is 9.18 Å². The molecule has 3 aromatic rings. The number of aromatic amines is 1. The summed E-state index contributed by atoms with van der Waals surface area (Å²) in [6, 6.07) is 7.08. The van der Waals surface area contributed by atoms with Gasteiger partial charge in [-0.1, -0.05) is 12.1 Å². The molecule has 0 spiro atoms. The second kappa shape index (κ2) is 7.17. The van der Waals surface area contributed by atoms with Crippen molar-refractivity contribution < 1.29 is 13.9 Å². The molecule has 4 rings (SSSR count). The molecule has 0 atom stereocenters. The summed E-state index contributed by atoms with van der Waals surface area (Å²) in [4.78, 5) is 13.9. The van der Waals surface area contributed by atoms with Gasteiger partial charge in [-0.2, -0.15) is 5.10 Å². The molecule has 7 heteroatoms. The summed E-state index contributed by atoms with van der Waals surface area (Å²) in [5.74, 6) is -0.187. The normalized spacial score (nSPS) is 16.2. The lowest BCUT2D eigenvalue weighted by Gasteiger charge is -2.31. The summed E-state index contributed by atoms with van der Waals surface area (Å²) in [5.41, 5.74) is 2.52. The number of aromatic nitrogens is 2. The number of carbonyl (C=O) groups is 1. The zero-order valence-corrected chi connectivity index (χ0v) is 15.3. The van der Waals surface area contributed by atoms with E-state index in [1.165, 1.54) is 30.1 Å². The minimum atomic E-state index is -0.415. The Bertz CT molecular complexity index is 928. The summed E-state index contributed by atoms with van der Waals surface area (Å²) in [7, 11) is 1.36. The van der Waals surface area contributed by atoms with E-state index in [9.17, 15) is 9.18 Å². The number of likely N-dealkylation sites (tertiary alicyclic amines) is 1. The molecule has 3 heterocycles. The maximum absolute atomic E-state index is 13.9. The monoisotopic (exact) mass is 373 g/mol. The molecule has 0 saturated carbocycles. The van der Waals surface area contributed by atoms with Crippen LogP contribution in [-0.4, -0.2) is 41.3 Å². The molecule has 0 amide bonds. The number of hydrogen-bond acceptors (Lipinski definition) is 5. The second-order valence-corrected chi connectivity index (χ2v) is 7.51. The number of hydrogen-bond donors (Lipinski definition) is 1. The predicted octanol–water partition coefficient (Wildman–Crippen LogP) is 3.93. The van der Waals surface area contributed by atoms with Crippen molar-refractivity contribution in [3.8, 4) is 0 Å². The first-order chi connectivity index (χ1) is 12.7. The third kappa shape index (κ3) is 3.24. The number of esters is 1. The van der Waals surface area contributed by atoms with Gasteiger partial charge in [0.05, 0.1) is 11.8 Å². The lowest BCUT2D eigenvalue weighted by Crippen LogP contribution is -2.32. The molecule has 1 aliphatic rings. The Kier molecular flexibility index (Phi) is 4.74. The first-order valence-corrected chi connectivity index (χ1v) is 9.54. The number of ether oxygens (including phenoxy) is 1. The van der Waals surface area contributed by atoms with Gasteiger partial charge in [0.25, 0.3) is 0 Å². The van der Waals surface area contributed by atoms with Crippen LogP contribution >= 0.6 is 11.3 Å². The molecular formula is C19H20FN3O2S. The Hall–Kier alpha value is -2.25. The van der Waals surface area contributed by atoms with E-state index in [0.29, 0.717) is 11.6 Å². The lowest BCUT2D eigenvalue weighted by atomic mass is 9.93. The van der Waals surface area contributed by atoms with E-state index in [4.69, 9.17) is 4.74 Å². The Morgan fingerprint density at radius 2 is 2.23 bits per heavy atom. The van der Waals surface area contributed by atoms with Crippen molar-refractivity contribution in [3.63, 3.8) is 0 Å². The van der Waals surface area contributed by atoms with Gasteiger partial charge in [0, 0.05) is 18.2 Å². The van der Waals surface area contributed by atoms with Crippen LogP contribution in [0.1, 0.15) is 40.5 Å². The van der Waals surface area contributed by atoms with Crippen LogP contribution in [0, 0.1) is 5.82 Å². The molecule has 0 radical (unpaired) electrons. The summed E-state index contributed by atoms with van der Waals surface area (Å²) in [6.07, 6.45) is 2.00. The number of halogens is 1. The van der Waals surface area contributed by atoms with Crippen molar-refractivity contribution in [2.24, 2.45) is 0 Å². The number of fused-ring (bicyclic) bond motifs is 1. The third-order valence-corrected chi connectivity index (χ3v) is 6.10. The lowest BCUT2D eigenvalue weighted by molar-refractivity contribution is 0.0594. The van der Waals surface area contributed by atoms with Crippen LogP contribution < -0.4 is 0 Å². The van der Waals surface area contributed by atoms with Crippen LogP contribution in [0.5, 0.6) is 0 Å². The van der Waals surface area contributed by atoms with Crippen molar-refractivity contribution >= 4 is 27.4 Å². The van der Waals surface area contributed by atoms with Gasteiger partial charge < -0.3 is 4.74 Å². The number of methoxy groups -OCH3 is 1. The Labute approximate surface area is 154 Å². The van der Waals surface area contributed by atoms with Gasteiger partial charge >= 0.3 is 5.97 Å². The number of nitrogens with zero attached hydrogens (tertiary/aromatic N) is 2. The molecule has 2 aromatic heterocycles. The molecule has 1 saturated heterocycles. The minimum absolute atomic E-state index is 0.141. The molecule has 1 fully saturated rings. The first kappa shape index (κ1) is 17.2. The quantitative estimate of drug-likeness (QED) is 0.704. The van der Waals surface area contributed by atoms with Crippen LogP contribution in [0.4, 0.5) is 4.39 Å². The molecule has 0 unspecified atom stereocenters. The number of piperidine rings is 1. The average Bonchev–Trinajstić information content (AvgIpc) is 3.30. The zero-order valence-electron chi connectivity index (χ0n) is 14.5. The van der Waals surface area contributed by atoms with Crippen molar-refractivity contribution in [3.05, 3.63) is 52.4 Å². The highest BCUT2D eigenvalue weighted by molar-refractivity contribution is 7.17. The molecule has 5 nitrogen and oxygen atoms in total. The highest BCUT2D eigenvalue weighted by atomic mass is 32.1. The van der Waals surface area contributed by atoms with E-state index in [1.54, 1.807) is 12.1 Å². The maximum Gasteiger partial charge on any atom is 0.358 e. The van der Waals surface area contributed by atoms with Crippen LogP contribution in [0.25, 0.3) is 10.1 Å². The molecule has 0 aliphatic carbocycles. The van der Waals surface area contributed by atoms with Gasteiger partial charge in [-0.15, -0.1) is 11.3 Å². The summed E-state index contributed by atoms with van der Waals surface area (Å²) >= 11 is 1.48. The molecule has 1 aromatic carbocycles. The van der Waals surface area contributed by atoms with Crippen molar-refractivity contribution in [2.45, 2.75) is 25.3 Å². The van der Waals surface area contributed by atoms with Crippen molar-refractivity contribution in [2.75, 3.05) is 20.2 Å². The Morgan fingerprint density at radius 3 is 3.00 bits per heavy atom. The van der Waals surface area contributed by atoms with Gasteiger partial charge in [-0.3, -0.25) is 10.00 Å². The predicted molar refractivity (Wildman–Crippen MR) is 99.0 cm³/mol. The van der Waals surface area contributed by atoms with Gasteiger partial charge in [-0.05, 0) is 54.4 Å². The Balaban J connectivity index is 1.40. The summed E-state index contributed by atoms with van der Waals surface area (Å²) in [5, 5.41) is 10.1.